The summed E-state index contributed by atoms with van der Waals surface area (Å²) in [5.41, 5.74) is 0.452. The number of carbonyl (C=O) groups is 1. The largest absolute Gasteiger partial charge is 0.478 e. The van der Waals surface area contributed by atoms with Crippen LogP contribution >= 0.6 is 11.8 Å². The maximum absolute atomic E-state index is 13.3. The number of hydrogen-bond donors (Lipinski definition) is 1. The molecular weight excluding hydrogens is 296 g/mol. The van der Waals surface area contributed by atoms with Gasteiger partial charge in [-0.05, 0) is 35.9 Å². The van der Waals surface area contributed by atoms with Gasteiger partial charge >= 0.3 is 5.97 Å². The van der Waals surface area contributed by atoms with Gasteiger partial charge in [-0.3, -0.25) is 0 Å². The molecule has 3 nitrogen and oxygen atoms in total. The van der Waals surface area contributed by atoms with Gasteiger partial charge in [0.05, 0.1) is 17.2 Å². The summed E-state index contributed by atoms with van der Waals surface area (Å²) in [4.78, 5) is 11.4. The fourth-order valence-corrected chi connectivity index (χ4v) is 2.64. The van der Waals surface area contributed by atoms with Gasteiger partial charge in [0.25, 0.3) is 0 Å². The molecule has 2 aromatic carbocycles. The fourth-order valence-electron chi connectivity index (χ4n) is 1.70. The van der Waals surface area contributed by atoms with Crippen molar-refractivity contribution in [2.24, 2.45) is 0 Å². The number of aromatic carboxylic acids is 1. The maximum Gasteiger partial charge on any atom is 0.338 e. The van der Waals surface area contributed by atoms with Crippen LogP contribution in [0.15, 0.2) is 41.3 Å². The lowest BCUT2D eigenvalue weighted by atomic mass is 10.1. The molecule has 0 fully saturated rings. The summed E-state index contributed by atoms with van der Waals surface area (Å²) in [5.74, 6) is -2.27. The zero-order valence-corrected chi connectivity index (χ0v) is 11.5. The molecule has 0 aliphatic rings. The molecule has 0 unspecified atom stereocenters. The van der Waals surface area contributed by atoms with E-state index in [0.717, 1.165) is 12.1 Å². The van der Waals surface area contributed by atoms with E-state index in [2.05, 4.69) is 0 Å². The Morgan fingerprint density at radius 3 is 2.67 bits per heavy atom. The molecule has 0 heterocycles. The molecule has 0 radical (unpaired) electrons. The molecule has 1 N–H and O–H groups in total. The molecule has 2 rings (SSSR count). The Hall–Kier alpha value is -2.39. The summed E-state index contributed by atoms with van der Waals surface area (Å²) in [6, 6.07) is 9.58. The Balaban J connectivity index is 2.19. The highest BCUT2D eigenvalue weighted by molar-refractivity contribution is 7.98. The smallest absolute Gasteiger partial charge is 0.338 e. The second-order valence-electron chi connectivity index (χ2n) is 4.15. The molecular formula is C15H9F2NO2S. The van der Waals surface area contributed by atoms with Gasteiger partial charge in [0, 0.05) is 10.6 Å². The molecule has 0 amide bonds. The Morgan fingerprint density at radius 1 is 1.24 bits per heavy atom. The van der Waals surface area contributed by atoms with Crippen LogP contribution in [0.3, 0.4) is 0 Å². The minimum Gasteiger partial charge on any atom is -0.478 e. The number of rotatable bonds is 4. The number of nitrogens with zero attached hydrogens (tertiary/aromatic N) is 1. The molecule has 0 bridgehead atoms. The average Bonchev–Trinajstić information content (AvgIpc) is 2.46. The number of carboxylic acid groups (broad SMARTS) is 1. The van der Waals surface area contributed by atoms with Crippen molar-refractivity contribution < 1.29 is 18.7 Å². The average molecular weight is 305 g/mol. The van der Waals surface area contributed by atoms with Crippen molar-refractivity contribution in [1.29, 1.82) is 5.26 Å². The van der Waals surface area contributed by atoms with Gasteiger partial charge in [0.1, 0.15) is 11.6 Å². The van der Waals surface area contributed by atoms with E-state index in [-0.39, 0.29) is 5.56 Å². The predicted octanol–water partition coefficient (Wildman–Crippen LogP) is 3.83. The predicted molar refractivity (Wildman–Crippen MR) is 74.0 cm³/mol. The number of thioether (sulfide) groups is 1. The lowest BCUT2D eigenvalue weighted by molar-refractivity contribution is 0.0691. The summed E-state index contributed by atoms with van der Waals surface area (Å²) in [7, 11) is 0. The van der Waals surface area contributed by atoms with Gasteiger partial charge in [-0.1, -0.05) is 6.07 Å². The topological polar surface area (TPSA) is 61.1 Å². The van der Waals surface area contributed by atoms with Crippen LogP contribution in [0.5, 0.6) is 0 Å². The van der Waals surface area contributed by atoms with Crippen molar-refractivity contribution in [2.75, 3.05) is 0 Å². The van der Waals surface area contributed by atoms with Crippen LogP contribution in [0.1, 0.15) is 21.5 Å². The van der Waals surface area contributed by atoms with Crippen LogP contribution in [-0.2, 0) is 5.75 Å². The molecule has 21 heavy (non-hydrogen) atoms. The third kappa shape index (κ3) is 3.58. The summed E-state index contributed by atoms with van der Waals surface area (Å²) in [6.07, 6.45) is 0. The van der Waals surface area contributed by atoms with Gasteiger partial charge in [-0.25, -0.2) is 13.6 Å². The first-order chi connectivity index (χ1) is 10.0. The van der Waals surface area contributed by atoms with E-state index < -0.39 is 23.2 Å². The third-order valence-electron chi connectivity index (χ3n) is 2.75. The fraction of sp³-hybridized carbons (Fsp3) is 0.0667. The van der Waals surface area contributed by atoms with E-state index in [1.54, 1.807) is 0 Å². The standard InChI is InChI=1S/C15H9F2NO2S/c16-11-2-1-9(10(5-11)7-18)8-21-12-3-4-14(17)13(6-12)15(19)20/h1-6H,8H2,(H,19,20). The maximum atomic E-state index is 13.3. The van der Waals surface area contributed by atoms with Crippen molar-refractivity contribution in [1.82, 2.24) is 0 Å². The van der Waals surface area contributed by atoms with E-state index in [4.69, 9.17) is 10.4 Å². The molecule has 0 spiro atoms. The van der Waals surface area contributed by atoms with Crippen LogP contribution in [0.4, 0.5) is 8.78 Å². The van der Waals surface area contributed by atoms with Gasteiger partial charge in [0.15, 0.2) is 0 Å². The third-order valence-corrected chi connectivity index (χ3v) is 3.80. The number of halogens is 2. The molecule has 0 aliphatic heterocycles. The van der Waals surface area contributed by atoms with E-state index >= 15 is 0 Å². The lowest BCUT2D eigenvalue weighted by Gasteiger charge is -2.06. The second kappa shape index (κ2) is 6.37. The van der Waals surface area contributed by atoms with Crippen LogP contribution in [0.25, 0.3) is 0 Å². The van der Waals surface area contributed by atoms with Crippen molar-refractivity contribution in [3.63, 3.8) is 0 Å². The minimum absolute atomic E-state index is 0.225. The van der Waals surface area contributed by atoms with Crippen LogP contribution < -0.4 is 0 Å². The molecule has 0 atom stereocenters. The minimum atomic E-state index is -1.34. The first-order valence-electron chi connectivity index (χ1n) is 5.85. The first-order valence-corrected chi connectivity index (χ1v) is 6.84. The van der Waals surface area contributed by atoms with E-state index in [1.165, 1.54) is 36.0 Å². The molecule has 106 valence electrons. The highest BCUT2D eigenvalue weighted by Crippen LogP contribution is 2.26. The normalized spacial score (nSPS) is 10.1. The Kier molecular flexibility index (Phi) is 4.55. The van der Waals surface area contributed by atoms with Gasteiger partial charge in [0.2, 0.25) is 0 Å². The number of nitriles is 1. The second-order valence-corrected chi connectivity index (χ2v) is 5.20. The van der Waals surface area contributed by atoms with Gasteiger partial charge in [-0.2, -0.15) is 5.26 Å². The highest BCUT2D eigenvalue weighted by atomic mass is 32.2. The van der Waals surface area contributed by atoms with Crippen molar-refractivity contribution >= 4 is 17.7 Å². The van der Waals surface area contributed by atoms with Crippen LogP contribution in [0.2, 0.25) is 0 Å². The number of carboxylic acids is 1. The summed E-state index contributed by atoms with van der Waals surface area (Å²) in [6.45, 7) is 0. The SMILES string of the molecule is N#Cc1cc(F)ccc1CSc1ccc(F)c(C(=O)O)c1. The highest BCUT2D eigenvalue weighted by Gasteiger charge is 2.11. The summed E-state index contributed by atoms with van der Waals surface area (Å²) >= 11 is 1.25. The van der Waals surface area contributed by atoms with Crippen molar-refractivity contribution in [2.45, 2.75) is 10.6 Å². The molecule has 0 saturated carbocycles. The number of benzene rings is 2. The van der Waals surface area contributed by atoms with Gasteiger partial charge < -0.3 is 5.11 Å². The number of hydrogen-bond acceptors (Lipinski definition) is 3. The molecule has 2 aromatic rings. The zero-order valence-electron chi connectivity index (χ0n) is 10.6. The summed E-state index contributed by atoms with van der Waals surface area (Å²) < 4.78 is 26.3. The molecule has 0 saturated heterocycles. The first kappa shape index (κ1) is 15.0. The van der Waals surface area contributed by atoms with E-state index in [9.17, 15) is 13.6 Å². The van der Waals surface area contributed by atoms with Crippen molar-refractivity contribution in [3.8, 4) is 6.07 Å². The lowest BCUT2D eigenvalue weighted by Crippen LogP contribution is -2.00. The molecule has 0 aromatic heterocycles. The Labute approximate surface area is 123 Å². The van der Waals surface area contributed by atoms with E-state index in [0.29, 0.717) is 16.2 Å². The quantitative estimate of drug-likeness (QED) is 0.872. The molecule has 6 heteroatoms. The Bertz CT molecular complexity index is 741. The van der Waals surface area contributed by atoms with Gasteiger partial charge in [-0.15, -0.1) is 11.8 Å². The monoisotopic (exact) mass is 305 g/mol. The van der Waals surface area contributed by atoms with Crippen LogP contribution in [-0.4, -0.2) is 11.1 Å². The van der Waals surface area contributed by atoms with Crippen LogP contribution in [0, 0.1) is 23.0 Å². The van der Waals surface area contributed by atoms with E-state index in [1.807, 2.05) is 6.07 Å². The zero-order chi connectivity index (χ0) is 15.4. The van der Waals surface area contributed by atoms with Crippen molar-refractivity contribution in [3.05, 3.63) is 64.7 Å². The molecule has 0 aliphatic carbocycles. The summed E-state index contributed by atoms with van der Waals surface area (Å²) in [5, 5.41) is 17.8. The Morgan fingerprint density at radius 2 is 2.00 bits per heavy atom.